The minimum atomic E-state index is 0.465. The van der Waals surface area contributed by atoms with E-state index in [-0.39, 0.29) is 0 Å². The predicted octanol–water partition coefficient (Wildman–Crippen LogP) is 6.01. The van der Waals surface area contributed by atoms with Crippen molar-refractivity contribution in [1.82, 2.24) is 0 Å². The summed E-state index contributed by atoms with van der Waals surface area (Å²) in [5.41, 5.74) is 3.65. The first-order valence-corrected chi connectivity index (χ1v) is 9.44. The molecule has 0 atom stereocenters. The number of aryl methyl sites for hydroxylation is 1. The first-order chi connectivity index (χ1) is 12.7. The second-order valence-electron chi connectivity index (χ2n) is 6.43. The Morgan fingerprint density at radius 2 is 1.54 bits per heavy atom. The second kappa shape index (κ2) is 10.3. The number of unbranched alkanes of at least 4 members (excludes halogenated alkanes) is 3. The lowest BCUT2D eigenvalue weighted by molar-refractivity contribution is 0.305. The van der Waals surface area contributed by atoms with Crippen LogP contribution in [0.2, 0.25) is 0 Å². The molecule has 2 rings (SSSR count). The van der Waals surface area contributed by atoms with E-state index in [0.717, 1.165) is 48.3 Å². The Balaban J connectivity index is 2.18. The van der Waals surface area contributed by atoms with Crippen LogP contribution in [0, 0.1) is 22.7 Å². The van der Waals surface area contributed by atoms with Gasteiger partial charge in [-0.25, -0.2) is 0 Å². The van der Waals surface area contributed by atoms with Gasteiger partial charge in [-0.15, -0.1) is 0 Å². The Labute approximate surface area is 156 Å². The standard InChI is InChI=1S/C23H26N2O/c1-3-5-6-7-15-26-20-12-9-19(10-13-20)21-14-11-18(8-4-2)22(16-24)23(21)17-25/h9-14H,3-8,15H2,1-2H3. The highest BCUT2D eigenvalue weighted by Gasteiger charge is 2.14. The summed E-state index contributed by atoms with van der Waals surface area (Å²) in [5.74, 6) is 0.840. The van der Waals surface area contributed by atoms with Crippen LogP contribution in [0.5, 0.6) is 5.75 Å². The third-order valence-electron chi connectivity index (χ3n) is 4.47. The largest absolute Gasteiger partial charge is 0.494 e. The zero-order chi connectivity index (χ0) is 18.8. The average molecular weight is 346 g/mol. The van der Waals surface area contributed by atoms with Gasteiger partial charge in [0.25, 0.3) is 0 Å². The van der Waals surface area contributed by atoms with E-state index >= 15 is 0 Å². The SMILES string of the molecule is CCCCCCOc1ccc(-c2ccc(CCC)c(C#N)c2C#N)cc1. The molecule has 0 bridgehead atoms. The molecule has 0 heterocycles. The fourth-order valence-corrected chi connectivity index (χ4v) is 3.06. The van der Waals surface area contributed by atoms with Crippen LogP contribution in [0.25, 0.3) is 11.1 Å². The maximum absolute atomic E-state index is 9.60. The number of hydrogen-bond donors (Lipinski definition) is 0. The molecule has 0 saturated carbocycles. The summed E-state index contributed by atoms with van der Waals surface area (Å²) in [6.45, 7) is 5.00. The number of rotatable bonds is 9. The van der Waals surface area contributed by atoms with Gasteiger partial charge in [0.1, 0.15) is 17.9 Å². The zero-order valence-electron chi connectivity index (χ0n) is 15.7. The van der Waals surface area contributed by atoms with Gasteiger partial charge in [-0.3, -0.25) is 0 Å². The smallest absolute Gasteiger partial charge is 0.119 e. The topological polar surface area (TPSA) is 56.8 Å². The van der Waals surface area contributed by atoms with Crippen LogP contribution < -0.4 is 4.74 Å². The van der Waals surface area contributed by atoms with Crippen molar-refractivity contribution in [3.05, 3.63) is 53.1 Å². The van der Waals surface area contributed by atoms with E-state index in [1.54, 1.807) is 0 Å². The molecule has 2 aromatic rings. The molecule has 0 saturated heterocycles. The van der Waals surface area contributed by atoms with Gasteiger partial charge in [0.05, 0.1) is 17.7 Å². The molecule has 0 aliphatic heterocycles. The Morgan fingerprint density at radius 3 is 2.15 bits per heavy atom. The minimum Gasteiger partial charge on any atom is -0.494 e. The van der Waals surface area contributed by atoms with Crippen molar-refractivity contribution in [2.45, 2.75) is 52.4 Å². The van der Waals surface area contributed by atoms with Gasteiger partial charge in [-0.2, -0.15) is 10.5 Å². The van der Waals surface area contributed by atoms with Crippen molar-refractivity contribution in [3.63, 3.8) is 0 Å². The number of hydrogen-bond acceptors (Lipinski definition) is 3. The van der Waals surface area contributed by atoms with Gasteiger partial charge >= 0.3 is 0 Å². The van der Waals surface area contributed by atoms with Crippen LogP contribution in [-0.2, 0) is 6.42 Å². The first kappa shape index (κ1) is 19.5. The van der Waals surface area contributed by atoms with Crippen molar-refractivity contribution in [3.8, 4) is 29.0 Å². The molecule has 0 aliphatic rings. The molecule has 26 heavy (non-hydrogen) atoms. The molecule has 3 heteroatoms. The van der Waals surface area contributed by atoms with E-state index in [9.17, 15) is 10.5 Å². The van der Waals surface area contributed by atoms with Crippen LogP contribution in [0.15, 0.2) is 36.4 Å². The fourth-order valence-electron chi connectivity index (χ4n) is 3.06. The maximum Gasteiger partial charge on any atom is 0.119 e. The fraction of sp³-hybridized carbons (Fsp3) is 0.391. The summed E-state index contributed by atoms with van der Waals surface area (Å²) < 4.78 is 5.78. The van der Waals surface area contributed by atoms with E-state index in [4.69, 9.17) is 4.74 Å². The second-order valence-corrected chi connectivity index (χ2v) is 6.43. The van der Waals surface area contributed by atoms with Crippen LogP contribution in [0.4, 0.5) is 0 Å². The quantitative estimate of drug-likeness (QED) is 0.522. The molecule has 0 spiro atoms. The van der Waals surface area contributed by atoms with Crippen LogP contribution in [0.3, 0.4) is 0 Å². The van der Waals surface area contributed by atoms with Crippen molar-refractivity contribution in [2.24, 2.45) is 0 Å². The van der Waals surface area contributed by atoms with Gasteiger partial charge in [-0.05, 0) is 36.1 Å². The molecule has 0 fully saturated rings. The summed E-state index contributed by atoms with van der Waals surface area (Å²) in [5, 5.41) is 19.1. The summed E-state index contributed by atoms with van der Waals surface area (Å²) in [6, 6.07) is 16.1. The first-order valence-electron chi connectivity index (χ1n) is 9.44. The van der Waals surface area contributed by atoms with Gasteiger partial charge in [0, 0.05) is 5.56 Å². The monoisotopic (exact) mass is 346 g/mol. The van der Waals surface area contributed by atoms with E-state index in [0.29, 0.717) is 11.1 Å². The number of nitriles is 2. The summed E-state index contributed by atoms with van der Waals surface area (Å²) in [4.78, 5) is 0. The van der Waals surface area contributed by atoms with E-state index < -0.39 is 0 Å². The molecule has 3 nitrogen and oxygen atoms in total. The lowest BCUT2D eigenvalue weighted by Crippen LogP contribution is -1.98. The highest BCUT2D eigenvalue weighted by atomic mass is 16.5. The molecular weight excluding hydrogens is 320 g/mol. The summed E-state index contributed by atoms with van der Waals surface area (Å²) in [6.07, 6.45) is 6.48. The highest BCUT2D eigenvalue weighted by Crippen LogP contribution is 2.29. The van der Waals surface area contributed by atoms with Crippen LogP contribution >= 0.6 is 0 Å². The number of nitrogens with zero attached hydrogens (tertiary/aromatic N) is 2. The lowest BCUT2D eigenvalue weighted by atomic mass is 9.91. The normalized spacial score (nSPS) is 10.2. The van der Waals surface area contributed by atoms with Crippen molar-refractivity contribution >= 4 is 0 Å². The number of benzene rings is 2. The molecule has 0 amide bonds. The zero-order valence-corrected chi connectivity index (χ0v) is 15.7. The molecule has 2 aromatic carbocycles. The van der Waals surface area contributed by atoms with Gasteiger partial charge in [0.15, 0.2) is 0 Å². The van der Waals surface area contributed by atoms with Crippen molar-refractivity contribution < 1.29 is 4.74 Å². The molecule has 0 N–H and O–H groups in total. The molecule has 134 valence electrons. The molecule has 0 aromatic heterocycles. The van der Waals surface area contributed by atoms with E-state index in [1.807, 2.05) is 36.4 Å². The lowest BCUT2D eigenvalue weighted by Gasteiger charge is -2.11. The van der Waals surface area contributed by atoms with Gasteiger partial charge < -0.3 is 4.74 Å². The number of ether oxygens (including phenoxy) is 1. The molecule has 0 aliphatic carbocycles. The highest BCUT2D eigenvalue weighted by molar-refractivity contribution is 5.75. The van der Waals surface area contributed by atoms with Gasteiger partial charge in [-0.1, -0.05) is 63.8 Å². The Morgan fingerprint density at radius 1 is 0.808 bits per heavy atom. The summed E-state index contributed by atoms with van der Waals surface area (Å²) in [7, 11) is 0. The predicted molar refractivity (Wildman–Crippen MR) is 105 cm³/mol. The van der Waals surface area contributed by atoms with Crippen LogP contribution in [-0.4, -0.2) is 6.61 Å². The minimum absolute atomic E-state index is 0.465. The molecule has 0 radical (unpaired) electrons. The van der Waals surface area contributed by atoms with E-state index in [2.05, 4.69) is 26.0 Å². The Kier molecular flexibility index (Phi) is 7.72. The third-order valence-corrected chi connectivity index (χ3v) is 4.47. The van der Waals surface area contributed by atoms with Crippen molar-refractivity contribution in [2.75, 3.05) is 6.61 Å². The Bertz CT molecular complexity index is 795. The van der Waals surface area contributed by atoms with Crippen molar-refractivity contribution in [1.29, 1.82) is 10.5 Å². The maximum atomic E-state index is 9.60. The van der Waals surface area contributed by atoms with Crippen LogP contribution in [0.1, 0.15) is 62.6 Å². The Hall–Kier alpha value is -2.78. The average Bonchev–Trinajstić information content (AvgIpc) is 2.68. The third kappa shape index (κ3) is 4.87. The van der Waals surface area contributed by atoms with Gasteiger partial charge in [0.2, 0.25) is 0 Å². The van der Waals surface area contributed by atoms with E-state index in [1.165, 1.54) is 19.3 Å². The summed E-state index contributed by atoms with van der Waals surface area (Å²) >= 11 is 0. The molecular formula is C23H26N2O. The molecule has 0 unspecified atom stereocenters.